The summed E-state index contributed by atoms with van der Waals surface area (Å²) in [5.74, 6) is 0.917. The molecule has 1 heterocycles. The molecule has 1 fully saturated rings. The normalized spacial score (nSPS) is 20.1. The number of rotatable bonds is 7. The van der Waals surface area contributed by atoms with Crippen LogP contribution in [-0.2, 0) is 9.59 Å². The molecule has 1 saturated heterocycles. The van der Waals surface area contributed by atoms with E-state index in [1.54, 1.807) is 31.2 Å². The SMILES string of the molecule is CCC(O)C(=O)NC1CC(C(=O)Nc2ccc(Oc3ccccc3)cc2)N(C)C1. The van der Waals surface area contributed by atoms with Crippen molar-refractivity contribution in [2.24, 2.45) is 0 Å². The number of amides is 2. The van der Waals surface area contributed by atoms with E-state index in [0.717, 1.165) is 5.75 Å². The van der Waals surface area contributed by atoms with E-state index in [1.807, 2.05) is 42.3 Å². The lowest BCUT2D eigenvalue weighted by atomic mass is 10.1. The predicted molar refractivity (Wildman–Crippen MR) is 111 cm³/mol. The summed E-state index contributed by atoms with van der Waals surface area (Å²) in [6, 6.07) is 16.2. The van der Waals surface area contributed by atoms with E-state index in [9.17, 15) is 14.7 Å². The van der Waals surface area contributed by atoms with E-state index < -0.39 is 6.10 Å². The lowest BCUT2D eigenvalue weighted by Crippen LogP contribution is -2.42. The van der Waals surface area contributed by atoms with Gasteiger partial charge in [-0.2, -0.15) is 0 Å². The number of nitrogens with zero attached hydrogens (tertiary/aromatic N) is 1. The average molecular weight is 397 g/mol. The number of carbonyl (C=O) groups is 2. The second kappa shape index (κ2) is 9.54. The molecule has 2 aromatic carbocycles. The molecule has 3 atom stereocenters. The van der Waals surface area contributed by atoms with Gasteiger partial charge in [-0.15, -0.1) is 0 Å². The number of ether oxygens (including phenoxy) is 1. The van der Waals surface area contributed by atoms with E-state index in [-0.39, 0.29) is 23.9 Å². The quantitative estimate of drug-likeness (QED) is 0.667. The molecule has 3 unspecified atom stereocenters. The van der Waals surface area contributed by atoms with Crippen molar-refractivity contribution in [3.8, 4) is 11.5 Å². The summed E-state index contributed by atoms with van der Waals surface area (Å²) < 4.78 is 5.75. The van der Waals surface area contributed by atoms with Gasteiger partial charge in [-0.05, 0) is 56.3 Å². The van der Waals surface area contributed by atoms with E-state index in [1.165, 1.54) is 0 Å². The molecule has 0 bridgehead atoms. The molecule has 0 saturated carbocycles. The summed E-state index contributed by atoms with van der Waals surface area (Å²) in [4.78, 5) is 26.5. The molecule has 154 valence electrons. The Hall–Kier alpha value is -2.90. The minimum atomic E-state index is -1.01. The van der Waals surface area contributed by atoms with Crippen LogP contribution in [0.25, 0.3) is 0 Å². The van der Waals surface area contributed by atoms with Crippen molar-refractivity contribution in [2.45, 2.75) is 38.0 Å². The van der Waals surface area contributed by atoms with Crippen molar-refractivity contribution in [2.75, 3.05) is 18.9 Å². The van der Waals surface area contributed by atoms with Gasteiger partial charge >= 0.3 is 0 Å². The highest BCUT2D eigenvalue weighted by Crippen LogP contribution is 2.23. The molecule has 3 rings (SSSR count). The standard InChI is InChI=1S/C22H27N3O4/c1-3-20(26)22(28)24-16-13-19(25(2)14-16)21(27)23-15-9-11-18(12-10-15)29-17-7-5-4-6-8-17/h4-12,16,19-20,26H,3,13-14H2,1-2H3,(H,23,27)(H,24,28). The van der Waals surface area contributed by atoms with Gasteiger partial charge in [0.15, 0.2) is 0 Å². The van der Waals surface area contributed by atoms with Crippen molar-refractivity contribution < 1.29 is 19.4 Å². The van der Waals surface area contributed by atoms with Crippen molar-refractivity contribution in [1.82, 2.24) is 10.2 Å². The van der Waals surface area contributed by atoms with Gasteiger partial charge in [0.1, 0.15) is 17.6 Å². The molecule has 1 aliphatic rings. The van der Waals surface area contributed by atoms with Crippen LogP contribution >= 0.6 is 0 Å². The molecule has 3 N–H and O–H groups in total. The van der Waals surface area contributed by atoms with Crippen LogP contribution in [0.3, 0.4) is 0 Å². The van der Waals surface area contributed by atoms with E-state index in [2.05, 4.69) is 10.6 Å². The molecular weight excluding hydrogens is 370 g/mol. The highest BCUT2D eigenvalue weighted by atomic mass is 16.5. The molecule has 0 spiro atoms. The molecule has 2 amide bonds. The molecule has 1 aliphatic heterocycles. The average Bonchev–Trinajstić information content (AvgIpc) is 3.09. The summed E-state index contributed by atoms with van der Waals surface area (Å²) in [5, 5.41) is 15.4. The zero-order chi connectivity index (χ0) is 20.8. The number of nitrogens with one attached hydrogen (secondary N) is 2. The lowest BCUT2D eigenvalue weighted by Gasteiger charge is -2.18. The lowest BCUT2D eigenvalue weighted by molar-refractivity contribution is -0.130. The molecule has 0 radical (unpaired) electrons. The summed E-state index contributed by atoms with van der Waals surface area (Å²) in [5.41, 5.74) is 0.678. The first-order chi connectivity index (χ1) is 14.0. The maximum Gasteiger partial charge on any atom is 0.249 e. The van der Waals surface area contributed by atoms with Crippen LogP contribution in [0, 0.1) is 0 Å². The highest BCUT2D eigenvalue weighted by Gasteiger charge is 2.35. The first kappa shape index (κ1) is 20.8. The van der Waals surface area contributed by atoms with Crippen LogP contribution in [0.4, 0.5) is 5.69 Å². The van der Waals surface area contributed by atoms with Gasteiger partial charge in [0.25, 0.3) is 0 Å². The molecule has 0 aliphatic carbocycles. The van der Waals surface area contributed by atoms with Gasteiger partial charge < -0.3 is 20.5 Å². The topological polar surface area (TPSA) is 90.9 Å². The van der Waals surface area contributed by atoms with Gasteiger partial charge in [0.2, 0.25) is 11.8 Å². The number of aliphatic hydroxyl groups excluding tert-OH is 1. The second-order valence-electron chi connectivity index (χ2n) is 7.25. The first-order valence-electron chi connectivity index (χ1n) is 9.78. The number of likely N-dealkylation sites (tertiary alicyclic amines) is 1. The number of likely N-dealkylation sites (N-methyl/N-ethyl adjacent to an activating group) is 1. The third kappa shape index (κ3) is 5.56. The summed E-state index contributed by atoms with van der Waals surface area (Å²) in [7, 11) is 1.85. The third-order valence-electron chi connectivity index (χ3n) is 4.99. The van der Waals surface area contributed by atoms with Crippen LogP contribution in [0.2, 0.25) is 0 Å². The number of aliphatic hydroxyl groups is 1. The van der Waals surface area contributed by atoms with Crippen molar-refractivity contribution >= 4 is 17.5 Å². The third-order valence-corrected chi connectivity index (χ3v) is 4.99. The van der Waals surface area contributed by atoms with Gasteiger partial charge in [0.05, 0.1) is 6.04 Å². The fourth-order valence-electron chi connectivity index (χ4n) is 3.35. The zero-order valence-electron chi connectivity index (χ0n) is 16.7. The van der Waals surface area contributed by atoms with Gasteiger partial charge in [-0.1, -0.05) is 25.1 Å². The van der Waals surface area contributed by atoms with Gasteiger partial charge in [-0.25, -0.2) is 0 Å². The van der Waals surface area contributed by atoms with Crippen LogP contribution in [0.1, 0.15) is 19.8 Å². The Morgan fingerprint density at radius 1 is 1.14 bits per heavy atom. The minimum Gasteiger partial charge on any atom is -0.457 e. The van der Waals surface area contributed by atoms with E-state index in [0.29, 0.717) is 30.8 Å². The molecular formula is C22H27N3O4. The number of hydrogen-bond donors (Lipinski definition) is 3. The fraction of sp³-hybridized carbons (Fsp3) is 0.364. The Labute approximate surface area is 170 Å². The largest absolute Gasteiger partial charge is 0.457 e. The van der Waals surface area contributed by atoms with Gasteiger partial charge in [0, 0.05) is 18.3 Å². The number of carbonyl (C=O) groups excluding carboxylic acids is 2. The zero-order valence-corrected chi connectivity index (χ0v) is 16.7. The molecule has 0 aromatic heterocycles. The van der Waals surface area contributed by atoms with Crippen LogP contribution in [0.15, 0.2) is 54.6 Å². The highest BCUT2D eigenvalue weighted by molar-refractivity contribution is 5.95. The molecule has 7 heteroatoms. The summed E-state index contributed by atoms with van der Waals surface area (Å²) in [6.07, 6.45) is -0.146. The van der Waals surface area contributed by atoms with E-state index in [4.69, 9.17) is 4.74 Å². The number of para-hydroxylation sites is 1. The predicted octanol–water partition coefficient (Wildman–Crippen LogP) is 2.38. The Kier molecular flexibility index (Phi) is 6.85. The Morgan fingerprint density at radius 3 is 2.45 bits per heavy atom. The van der Waals surface area contributed by atoms with Crippen LogP contribution in [-0.4, -0.2) is 53.6 Å². The maximum atomic E-state index is 12.7. The van der Waals surface area contributed by atoms with Crippen LogP contribution < -0.4 is 15.4 Å². The number of hydrogen-bond acceptors (Lipinski definition) is 5. The smallest absolute Gasteiger partial charge is 0.249 e. The maximum absolute atomic E-state index is 12.7. The Balaban J connectivity index is 1.53. The Morgan fingerprint density at radius 2 is 1.79 bits per heavy atom. The second-order valence-corrected chi connectivity index (χ2v) is 7.25. The molecule has 7 nitrogen and oxygen atoms in total. The first-order valence-corrected chi connectivity index (χ1v) is 9.78. The van der Waals surface area contributed by atoms with Crippen molar-refractivity contribution in [3.05, 3.63) is 54.6 Å². The summed E-state index contributed by atoms with van der Waals surface area (Å²) >= 11 is 0. The van der Waals surface area contributed by atoms with Crippen molar-refractivity contribution in [1.29, 1.82) is 0 Å². The summed E-state index contributed by atoms with van der Waals surface area (Å²) in [6.45, 7) is 2.31. The fourth-order valence-corrected chi connectivity index (χ4v) is 3.35. The van der Waals surface area contributed by atoms with Crippen molar-refractivity contribution in [3.63, 3.8) is 0 Å². The number of benzene rings is 2. The van der Waals surface area contributed by atoms with Crippen LogP contribution in [0.5, 0.6) is 11.5 Å². The number of anilines is 1. The Bertz CT molecular complexity index is 826. The molecule has 2 aromatic rings. The molecule has 29 heavy (non-hydrogen) atoms. The monoisotopic (exact) mass is 397 g/mol. The van der Waals surface area contributed by atoms with Gasteiger partial charge in [-0.3, -0.25) is 14.5 Å². The minimum absolute atomic E-state index is 0.128. The van der Waals surface area contributed by atoms with E-state index >= 15 is 0 Å².